The standard InChI is InChI=1S/C12H21N.2C11H18N2.4C10H18N2.C9H15NO/c1-8-9(2)11(12(4,5)6)13(7)10(8)3;1-7-8(2)12-10(11(4,5)6)13-9(7)3;1-7-8(2)10(11(4,5)6)13-12-9(7)3;1-7-9(10(3,4)5)11-8(2)12(7)6;1-7-9(10(3,4)5)12(6)8(2)11-7;1-7-9(10(3,4)5)8(2)12(6)11-7;1-7-8(2)12(6)9(11-7)10(3,4)5;1-6-8(9(3,4)5)10-7(2)11-6/h1-7H3;2*1-6H3;4*1-6H3;1-5H3. The maximum absolute atomic E-state index is 5.33. The predicted octanol–water partition coefficient (Wildman–Crippen LogP) is 20.6. The summed E-state index contributed by atoms with van der Waals surface area (Å²) >= 11 is 0. The van der Waals surface area contributed by atoms with Crippen molar-refractivity contribution in [1.29, 1.82) is 0 Å². The lowest BCUT2D eigenvalue weighted by molar-refractivity contribution is 0.484. The van der Waals surface area contributed by atoms with Gasteiger partial charge in [0.1, 0.15) is 29.1 Å². The molecule has 0 fully saturated rings. The molecule has 98 heavy (non-hydrogen) atoms. The zero-order valence-corrected chi connectivity index (χ0v) is 72.2. The molecule has 8 aromatic rings. The van der Waals surface area contributed by atoms with Gasteiger partial charge in [-0.3, -0.25) is 4.68 Å². The van der Waals surface area contributed by atoms with Crippen molar-refractivity contribution >= 4 is 0 Å². The highest BCUT2D eigenvalue weighted by molar-refractivity contribution is 5.39. The van der Waals surface area contributed by atoms with Crippen LogP contribution in [0.15, 0.2) is 4.42 Å². The van der Waals surface area contributed by atoms with Crippen LogP contribution in [-0.4, -0.2) is 68.2 Å². The third-order valence-corrected chi connectivity index (χ3v) is 18.5. The number of rotatable bonds is 0. The van der Waals surface area contributed by atoms with Gasteiger partial charge < -0.3 is 22.7 Å². The van der Waals surface area contributed by atoms with E-state index in [1.165, 1.54) is 73.2 Å². The molecule has 0 saturated heterocycles. The number of imidazole rings is 3. The molecule has 8 aromatic heterocycles. The highest BCUT2D eigenvalue weighted by Crippen LogP contribution is 2.33. The van der Waals surface area contributed by atoms with Crippen LogP contribution < -0.4 is 0 Å². The number of hydrogen-bond donors (Lipinski definition) is 0. The van der Waals surface area contributed by atoms with Gasteiger partial charge in [-0.05, 0) is 158 Å². The Morgan fingerprint density at radius 2 is 0.724 bits per heavy atom. The quantitative estimate of drug-likeness (QED) is 0.143. The van der Waals surface area contributed by atoms with Gasteiger partial charge in [0.15, 0.2) is 5.89 Å². The van der Waals surface area contributed by atoms with E-state index in [4.69, 9.17) is 4.42 Å². The molecule has 8 rings (SSSR count). The minimum absolute atomic E-state index is 0.0449. The summed E-state index contributed by atoms with van der Waals surface area (Å²) in [6.07, 6.45) is 0. The number of aryl methyl sites for hydroxylation is 11. The van der Waals surface area contributed by atoms with E-state index in [-0.39, 0.29) is 43.3 Å². The molecule has 0 aliphatic carbocycles. The van der Waals surface area contributed by atoms with Gasteiger partial charge in [-0.25, -0.2) is 29.9 Å². The highest BCUT2D eigenvalue weighted by atomic mass is 16.4. The minimum Gasteiger partial charge on any atom is -0.446 e. The van der Waals surface area contributed by atoms with Crippen LogP contribution in [0.1, 0.15) is 320 Å². The Labute approximate surface area is 599 Å². The van der Waals surface area contributed by atoms with E-state index in [1.54, 1.807) is 0 Å². The van der Waals surface area contributed by atoms with Crippen LogP contribution in [0, 0.1) is 132 Å². The Morgan fingerprint density at radius 3 is 0.949 bits per heavy atom. The molecule has 0 aliphatic heterocycles. The molecule has 0 atom stereocenters. The Kier molecular flexibility index (Phi) is 30.4. The molecular formula is C83H144N14O. The third kappa shape index (κ3) is 24.1. The van der Waals surface area contributed by atoms with E-state index in [0.717, 1.165) is 80.5 Å². The molecule has 8 heterocycles. The predicted molar refractivity (Wildman–Crippen MR) is 418 cm³/mol. The highest BCUT2D eigenvalue weighted by Gasteiger charge is 2.28. The maximum atomic E-state index is 5.33. The largest absolute Gasteiger partial charge is 0.446 e. The molecule has 552 valence electrons. The van der Waals surface area contributed by atoms with Crippen molar-refractivity contribution in [3.8, 4) is 0 Å². The van der Waals surface area contributed by atoms with Gasteiger partial charge >= 0.3 is 0 Å². The Bertz CT molecular complexity index is 3740. The van der Waals surface area contributed by atoms with Gasteiger partial charge in [-0.15, -0.1) is 0 Å². The van der Waals surface area contributed by atoms with E-state index in [0.29, 0.717) is 0 Å². The molecule has 15 nitrogen and oxygen atoms in total. The fourth-order valence-corrected chi connectivity index (χ4v) is 12.5. The van der Waals surface area contributed by atoms with E-state index in [1.807, 2.05) is 60.2 Å². The average Bonchev–Trinajstić information content (AvgIpc) is 1.55. The molecule has 15 heteroatoms. The second-order valence-corrected chi connectivity index (χ2v) is 35.7. The summed E-state index contributed by atoms with van der Waals surface area (Å²) in [4.78, 5) is 26.8. The SMILES string of the molecule is Cc1c(C)c(C(C)(C)C)n(C)c1C.Cc1nc(C(C)(C)C)c(C)n1C.Cc1nc(C(C)(C)C)c(C)o1.Cc1nc(C(C)(C)C)n(C)c1C.Cc1nc(C(C)(C)C)nc(C)c1C.Cc1nc(C)n(C)c1C(C)(C)C.Cc1nn(C)c(C)c1C(C)(C)C.Cc1nnc(C(C)(C)C)c(C)c1C. The lowest BCUT2D eigenvalue weighted by Gasteiger charge is -2.21. The zero-order chi connectivity index (χ0) is 77.5. The first kappa shape index (κ1) is 89.5. The summed E-state index contributed by atoms with van der Waals surface area (Å²) in [5.41, 5.74) is 27.3. The summed E-state index contributed by atoms with van der Waals surface area (Å²) in [6, 6.07) is 0. The minimum atomic E-state index is 0.0449. The number of aromatic nitrogens is 14. The van der Waals surface area contributed by atoms with Crippen LogP contribution in [0.5, 0.6) is 0 Å². The van der Waals surface area contributed by atoms with Crippen LogP contribution >= 0.6 is 0 Å². The summed E-state index contributed by atoms with van der Waals surface area (Å²) in [5.74, 6) is 5.99. The third-order valence-electron chi connectivity index (χ3n) is 18.5. The van der Waals surface area contributed by atoms with Gasteiger partial charge in [-0.2, -0.15) is 15.3 Å². The Hall–Kier alpha value is -6.51. The van der Waals surface area contributed by atoms with E-state index < -0.39 is 0 Å². The summed E-state index contributed by atoms with van der Waals surface area (Å²) in [7, 11) is 10.4. The first-order valence-electron chi connectivity index (χ1n) is 35.4. The van der Waals surface area contributed by atoms with Crippen molar-refractivity contribution in [1.82, 2.24) is 68.2 Å². The van der Waals surface area contributed by atoms with Gasteiger partial charge in [0.25, 0.3) is 0 Å². The van der Waals surface area contributed by atoms with Crippen LogP contribution in [-0.2, 0) is 78.6 Å². The normalized spacial score (nSPS) is 12.1. The van der Waals surface area contributed by atoms with E-state index >= 15 is 0 Å². The molecule has 0 radical (unpaired) electrons. The van der Waals surface area contributed by atoms with Crippen LogP contribution in [0.3, 0.4) is 0 Å². The molecule has 0 amide bonds. The molecule has 0 aromatic carbocycles. The van der Waals surface area contributed by atoms with Gasteiger partial charge in [0.2, 0.25) is 0 Å². The second-order valence-electron chi connectivity index (χ2n) is 35.7. The van der Waals surface area contributed by atoms with Crippen molar-refractivity contribution in [2.75, 3.05) is 0 Å². The monoisotopic (exact) mass is 1350 g/mol. The second kappa shape index (κ2) is 33.3. The molecule has 0 aliphatic rings. The first-order chi connectivity index (χ1) is 43.7. The average molecular weight is 1350 g/mol. The van der Waals surface area contributed by atoms with Crippen molar-refractivity contribution in [2.24, 2.45) is 35.2 Å². The lowest BCUT2D eigenvalue weighted by atomic mass is 9.85. The molecule has 0 bridgehead atoms. The van der Waals surface area contributed by atoms with Crippen LogP contribution in [0.2, 0.25) is 0 Å². The Balaban J connectivity index is 0.000000560. The Morgan fingerprint density at radius 1 is 0.276 bits per heavy atom. The van der Waals surface area contributed by atoms with Crippen LogP contribution in [0.4, 0.5) is 0 Å². The van der Waals surface area contributed by atoms with Gasteiger partial charge in [0.05, 0.1) is 39.9 Å². The number of oxazole rings is 1. The topological polar surface area (TPSA) is 154 Å². The van der Waals surface area contributed by atoms with Crippen molar-refractivity contribution in [3.63, 3.8) is 0 Å². The molecule has 0 spiro atoms. The molecule has 0 unspecified atom stereocenters. The summed E-state index contributed by atoms with van der Waals surface area (Å²) < 4.78 is 16.1. The van der Waals surface area contributed by atoms with E-state index in [9.17, 15) is 0 Å². The maximum Gasteiger partial charge on any atom is 0.191 e. The smallest absolute Gasteiger partial charge is 0.191 e. The number of nitrogens with zero attached hydrogens (tertiary/aromatic N) is 14. The lowest BCUT2D eigenvalue weighted by Crippen LogP contribution is -2.18. The summed E-state index contributed by atoms with van der Waals surface area (Å²) in [5, 5.41) is 12.8. The van der Waals surface area contributed by atoms with Crippen LogP contribution in [0.25, 0.3) is 0 Å². The molecule has 0 N–H and O–H groups in total. The fourth-order valence-electron chi connectivity index (χ4n) is 12.5. The van der Waals surface area contributed by atoms with Gasteiger partial charge in [-0.1, -0.05) is 166 Å². The van der Waals surface area contributed by atoms with Crippen molar-refractivity contribution < 1.29 is 4.42 Å². The van der Waals surface area contributed by atoms with Crippen molar-refractivity contribution in [3.05, 3.63) is 154 Å². The van der Waals surface area contributed by atoms with Gasteiger partial charge in [0, 0.05) is 131 Å². The first-order valence-corrected chi connectivity index (χ1v) is 35.4. The fraction of sp³-hybridized carbons (Fsp3) is 0.675. The van der Waals surface area contributed by atoms with Crippen molar-refractivity contribution in [2.45, 2.75) is 341 Å². The molecular weight excluding hydrogens is 1210 g/mol. The molecule has 0 saturated carbocycles. The summed E-state index contributed by atoms with van der Waals surface area (Å²) in [6.45, 7) is 92.1. The van der Waals surface area contributed by atoms with E-state index in [2.05, 4.69) is 341 Å². The zero-order valence-electron chi connectivity index (χ0n) is 72.2. The number of hydrogen-bond acceptors (Lipinski definition) is 10.